The highest BCUT2D eigenvalue weighted by Gasteiger charge is 2.25. The molecule has 0 spiro atoms. The molecule has 1 atom stereocenters. The average molecular weight is 304 g/mol. The highest BCUT2D eigenvalue weighted by atomic mass is 16.5. The van der Waals surface area contributed by atoms with Crippen molar-refractivity contribution in [3.05, 3.63) is 35.9 Å². The van der Waals surface area contributed by atoms with Crippen LogP contribution in [-0.2, 0) is 16.1 Å². The Hall–Kier alpha value is -1.39. The van der Waals surface area contributed by atoms with Crippen LogP contribution < -0.4 is 5.32 Å². The molecule has 122 valence electrons. The zero-order valence-corrected chi connectivity index (χ0v) is 13.8. The van der Waals surface area contributed by atoms with Gasteiger partial charge in [-0.2, -0.15) is 0 Å². The van der Waals surface area contributed by atoms with E-state index in [4.69, 9.17) is 4.74 Å². The van der Waals surface area contributed by atoms with Gasteiger partial charge in [0.25, 0.3) is 0 Å². The Morgan fingerprint density at radius 2 is 2.00 bits per heavy atom. The molecule has 0 radical (unpaired) electrons. The number of nitrogens with zero attached hydrogens (tertiary/aromatic N) is 1. The molecule has 0 bridgehead atoms. The van der Waals surface area contributed by atoms with Crippen molar-refractivity contribution in [1.82, 2.24) is 10.2 Å². The maximum absolute atomic E-state index is 11.8. The van der Waals surface area contributed by atoms with E-state index in [-0.39, 0.29) is 12.0 Å². The van der Waals surface area contributed by atoms with E-state index in [9.17, 15) is 4.79 Å². The van der Waals surface area contributed by atoms with E-state index in [2.05, 4.69) is 47.5 Å². The van der Waals surface area contributed by atoms with Crippen LogP contribution in [0.15, 0.2) is 30.3 Å². The first-order valence-corrected chi connectivity index (χ1v) is 8.33. The minimum Gasteiger partial charge on any atom is -0.468 e. The summed E-state index contributed by atoms with van der Waals surface area (Å²) >= 11 is 0. The van der Waals surface area contributed by atoms with Gasteiger partial charge in [-0.15, -0.1) is 0 Å². The second kappa shape index (κ2) is 8.91. The Morgan fingerprint density at radius 3 is 2.59 bits per heavy atom. The zero-order valence-electron chi connectivity index (χ0n) is 13.8. The first-order valence-electron chi connectivity index (χ1n) is 8.33. The number of hydrogen-bond donors (Lipinski definition) is 1. The van der Waals surface area contributed by atoms with Gasteiger partial charge in [0.05, 0.1) is 7.11 Å². The average Bonchev–Trinajstić information content (AvgIpc) is 2.56. The summed E-state index contributed by atoms with van der Waals surface area (Å²) in [5, 5.41) is 3.49. The lowest BCUT2D eigenvalue weighted by Gasteiger charge is -2.34. The fraction of sp³-hybridized carbons (Fsp3) is 0.611. The van der Waals surface area contributed by atoms with Crippen molar-refractivity contribution in [1.29, 1.82) is 0 Å². The molecular formula is C18H28N2O2. The number of methoxy groups -OCH3 is 1. The van der Waals surface area contributed by atoms with E-state index < -0.39 is 0 Å². The van der Waals surface area contributed by atoms with Crippen LogP contribution in [0.3, 0.4) is 0 Å². The van der Waals surface area contributed by atoms with E-state index in [0.29, 0.717) is 6.04 Å². The monoisotopic (exact) mass is 304 g/mol. The van der Waals surface area contributed by atoms with Crippen molar-refractivity contribution in [2.45, 2.75) is 51.2 Å². The summed E-state index contributed by atoms with van der Waals surface area (Å²) in [5.41, 5.74) is 1.37. The topological polar surface area (TPSA) is 41.6 Å². The van der Waals surface area contributed by atoms with Crippen molar-refractivity contribution in [3.63, 3.8) is 0 Å². The standard InChI is InChI=1S/C18H28N2O2/c1-3-7-17(18(21)22-2)19-16-10-12-20(13-11-16)14-15-8-5-4-6-9-15/h4-6,8-9,16-17,19H,3,7,10-14H2,1-2H3/t17-/m1/s1. The molecule has 1 aliphatic heterocycles. The van der Waals surface area contributed by atoms with Gasteiger partial charge in [0, 0.05) is 12.6 Å². The fourth-order valence-corrected chi connectivity index (χ4v) is 3.08. The number of esters is 1. The van der Waals surface area contributed by atoms with E-state index in [1.807, 2.05) is 0 Å². The summed E-state index contributed by atoms with van der Waals surface area (Å²) in [4.78, 5) is 14.3. The van der Waals surface area contributed by atoms with Crippen LogP contribution in [0.4, 0.5) is 0 Å². The molecule has 1 saturated heterocycles. The van der Waals surface area contributed by atoms with Gasteiger partial charge >= 0.3 is 5.97 Å². The second-order valence-electron chi connectivity index (χ2n) is 6.07. The molecule has 0 amide bonds. The first kappa shape index (κ1) is 17.0. The Balaban J connectivity index is 1.77. The van der Waals surface area contributed by atoms with Gasteiger partial charge in [-0.3, -0.25) is 9.69 Å². The summed E-state index contributed by atoms with van der Waals surface area (Å²) in [5.74, 6) is -0.131. The van der Waals surface area contributed by atoms with Gasteiger partial charge in [0.15, 0.2) is 0 Å². The number of carbonyl (C=O) groups is 1. The van der Waals surface area contributed by atoms with Crippen molar-refractivity contribution in [2.24, 2.45) is 0 Å². The normalized spacial score (nSPS) is 18.1. The molecule has 2 rings (SSSR count). The fourth-order valence-electron chi connectivity index (χ4n) is 3.08. The summed E-state index contributed by atoms with van der Waals surface area (Å²) in [7, 11) is 1.47. The van der Waals surface area contributed by atoms with Crippen LogP contribution in [0.25, 0.3) is 0 Å². The Labute approximate surface area is 133 Å². The second-order valence-corrected chi connectivity index (χ2v) is 6.07. The molecular weight excluding hydrogens is 276 g/mol. The predicted octanol–water partition coefficient (Wildman–Crippen LogP) is 2.58. The molecule has 1 N–H and O–H groups in total. The van der Waals surface area contributed by atoms with Crippen LogP contribution in [0.1, 0.15) is 38.2 Å². The van der Waals surface area contributed by atoms with Crippen LogP contribution >= 0.6 is 0 Å². The number of likely N-dealkylation sites (tertiary alicyclic amines) is 1. The quantitative estimate of drug-likeness (QED) is 0.786. The molecule has 4 heteroatoms. The van der Waals surface area contributed by atoms with Crippen LogP contribution in [0.2, 0.25) is 0 Å². The van der Waals surface area contributed by atoms with Gasteiger partial charge in [0.1, 0.15) is 6.04 Å². The van der Waals surface area contributed by atoms with Crippen molar-refractivity contribution in [2.75, 3.05) is 20.2 Å². The molecule has 0 aliphatic carbocycles. The third kappa shape index (κ3) is 5.11. The molecule has 0 aromatic heterocycles. The van der Waals surface area contributed by atoms with E-state index in [1.54, 1.807) is 0 Å². The maximum Gasteiger partial charge on any atom is 0.322 e. The summed E-state index contributed by atoms with van der Waals surface area (Å²) < 4.78 is 4.89. The number of hydrogen-bond acceptors (Lipinski definition) is 4. The SMILES string of the molecule is CCC[C@@H](NC1CCN(Cc2ccccc2)CC1)C(=O)OC. The minimum atomic E-state index is -0.152. The highest BCUT2D eigenvalue weighted by molar-refractivity contribution is 5.75. The maximum atomic E-state index is 11.8. The van der Waals surface area contributed by atoms with E-state index in [1.165, 1.54) is 12.7 Å². The lowest BCUT2D eigenvalue weighted by molar-refractivity contribution is -0.143. The van der Waals surface area contributed by atoms with Gasteiger partial charge in [0.2, 0.25) is 0 Å². The molecule has 1 heterocycles. The molecule has 0 unspecified atom stereocenters. The lowest BCUT2D eigenvalue weighted by atomic mass is 10.0. The molecule has 1 aromatic rings. The number of nitrogens with one attached hydrogen (secondary N) is 1. The highest BCUT2D eigenvalue weighted by Crippen LogP contribution is 2.15. The van der Waals surface area contributed by atoms with Crippen molar-refractivity contribution < 1.29 is 9.53 Å². The van der Waals surface area contributed by atoms with Crippen LogP contribution in [0.5, 0.6) is 0 Å². The Kier molecular flexibility index (Phi) is 6.87. The zero-order chi connectivity index (χ0) is 15.8. The summed E-state index contributed by atoms with van der Waals surface area (Å²) in [6.45, 7) is 5.27. The summed E-state index contributed by atoms with van der Waals surface area (Å²) in [6, 6.07) is 10.9. The predicted molar refractivity (Wildman–Crippen MR) is 88.6 cm³/mol. The van der Waals surface area contributed by atoms with Crippen molar-refractivity contribution in [3.8, 4) is 0 Å². The largest absolute Gasteiger partial charge is 0.468 e. The first-order chi connectivity index (χ1) is 10.7. The third-order valence-corrected chi connectivity index (χ3v) is 4.34. The number of benzene rings is 1. The van der Waals surface area contributed by atoms with Gasteiger partial charge in [-0.05, 0) is 37.9 Å². The molecule has 1 aliphatic rings. The Morgan fingerprint density at radius 1 is 1.32 bits per heavy atom. The number of piperidine rings is 1. The Bertz CT molecular complexity index is 442. The van der Waals surface area contributed by atoms with Crippen LogP contribution in [-0.4, -0.2) is 43.2 Å². The van der Waals surface area contributed by atoms with E-state index in [0.717, 1.165) is 45.3 Å². The molecule has 1 fully saturated rings. The van der Waals surface area contributed by atoms with E-state index >= 15 is 0 Å². The molecule has 0 saturated carbocycles. The number of carbonyl (C=O) groups excluding carboxylic acids is 1. The summed E-state index contributed by atoms with van der Waals surface area (Å²) in [6.07, 6.45) is 4.00. The third-order valence-electron chi connectivity index (χ3n) is 4.34. The number of ether oxygens (including phenoxy) is 1. The van der Waals surface area contributed by atoms with Crippen molar-refractivity contribution >= 4 is 5.97 Å². The molecule has 1 aromatic carbocycles. The van der Waals surface area contributed by atoms with Gasteiger partial charge in [-0.25, -0.2) is 0 Å². The van der Waals surface area contributed by atoms with Gasteiger partial charge in [-0.1, -0.05) is 43.7 Å². The number of rotatable bonds is 7. The van der Waals surface area contributed by atoms with Gasteiger partial charge < -0.3 is 10.1 Å². The minimum absolute atomic E-state index is 0.131. The van der Waals surface area contributed by atoms with Crippen LogP contribution in [0, 0.1) is 0 Å². The smallest absolute Gasteiger partial charge is 0.322 e. The molecule has 4 nitrogen and oxygen atoms in total. The molecule has 22 heavy (non-hydrogen) atoms. The lowest BCUT2D eigenvalue weighted by Crippen LogP contribution is -2.48.